The number of hydrogen-bond donors (Lipinski definition) is 1. The maximum Gasteiger partial charge on any atom is 0.471 e. The van der Waals surface area contributed by atoms with E-state index in [1.54, 1.807) is 51.1 Å². The molecule has 0 bridgehead atoms. The number of nitrogens with zero attached hydrogens (tertiary/aromatic N) is 2. The van der Waals surface area contributed by atoms with Crippen LogP contribution in [0.25, 0.3) is 0 Å². The van der Waals surface area contributed by atoms with Gasteiger partial charge in [0.15, 0.2) is 5.82 Å². The van der Waals surface area contributed by atoms with Crippen molar-refractivity contribution in [1.82, 2.24) is 5.32 Å². The summed E-state index contributed by atoms with van der Waals surface area (Å²) in [6.07, 6.45) is -6.38. The summed E-state index contributed by atoms with van der Waals surface area (Å²) in [6, 6.07) is 9.08. The van der Waals surface area contributed by atoms with E-state index in [1.165, 1.54) is 31.7 Å². The van der Waals surface area contributed by atoms with Gasteiger partial charge in [-0.1, -0.05) is 44.2 Å². The minimum absolute atomic E-state index is 0.00777. The Bertz CT molecular complexity index is 1400. The van der Waals surface area contributed by atoms with Crippen LogP contribution in [0.5, 0.6) is 5.75 Å². The summed E-state index contributed by atoms with van der Waals surface area (Å²) in [5, 5.41) is 3.24. The van der Waals surface area contributed by atoms with Crippen LogP contribution in [-0.4, -0.2) is 61.0 Å². The number of amides is 2. The number of hydrogen-bond acceptors (Lipinski definition) is 7. The van der Waals surface area contributed by atoms with Crippen LogP contribution >= 0.6 is 0 Å². The molecule has 0 aromatic heterocycles. The number of esters is 1. The van der Waals surface area contributed by atoms with Gasteiger partial charge in [0, 0.05) is 18.2 Å². The fourth-order valence-electron chi connectivity index (χ4n) is 4.84. The van der Waals surface area contributed by atoms with Crippen molar-refractivity contribution in [3.63, 3.8) is 0 Å². The van der Waals surface area contributed by atoms with Crippen molar-refractivity contribution < 1.29 is 46.2 Å². The summed E-state index contributed by atoms with van der Waals surface area (Å²) < 4.78 is 75.4. The van der Waals surface area contributed by atoms with Crippen LogP contribution in [0.3, 0.4) is 0 Å². The van der Waals surface area contributed by atoms with E-state index >= 15 is 4.39 Å². The first-order valence-corrected chi connectivity index (χ1v) is 15.0. The Hall–Kier alpha value is -3.87. The van der Waals surface area contributed by atoms with Gasteiger partial charge in [0.1, 0.15) is 35.8 Å². The number of carbonyl (C=O) groups is 3. The molecule has 0 saturated heterocycles. The van der Waals surface area contributed by atoms with Crippen LogP contribution in [0.1, 0.15) is 66.5 Å². The monoisotopic (exact) mass is 653 g/mol. The van der Waals surface area contributed by atoms with Gasteiger partial charge in [-0.25, -0.2) is 9.18 Å². The topological polar surface area (TPSA) is 97.4 Å². The Morgan fingerprint density at radius 2 is 1.61 bits per heavy atom. The van der Waals surface area contributed by atoms with Crippen LogP contribution in [-0.2, 0) is 32.1 Å². The normalized spacial score (nSPS) is 15.1. The zero-order chi connectivity index (χ0) is 34.6. The third-order valence-corrected chi connectivity index (χ3v) is 6.57. The third kappa shape index (κ3) is 9.81. The van der Waals surface area contributed by atoms with Crippen molar-refractivity contribution in [1.29, 1.82) is 0 Å². The number of halogens is 4. The molecule has 0 unspecified atom stereocenters. The second kappa shape index (κ2) is 14.3. The number of ether oxygens (including phenoxy) is 3. The van der Waals surface area contributed by atoms with Gasteiger partial charge in [0.2, 0.25) is 0 Å². The van der Waals surface area contributed by atoms with Crippen molar-refractivity contribution in [2.24, 2.45) is 5.92 Å². The van der Waals surface area contributed by atoms with Crippen LogP contribution in [0.2, 0.25) is 0 Å². The molecule has 3 rings (SSSR count). The van der Waals surface area contributed by atoms with Crippen molar-refractivity contribution in [3.8, 4) is 5.75 Å². The van der Waals surface area contributed by atoms with Gasteiger partial charge in [-0.3, -0.25) is 19.4 Å². The Morgan fingerprint density at radius 1 is 1.00 bits per heavy atom. The number of benzene rings is 2. The minimum atomic E-state index is -5.48. The first kappa shape index (κ1) is 36.6. The molecule has 2 amide bonds. The third-order valence-electron chi connectivity index (χ3n) is 6.57. The Kier molecular flexibility index (Phi) is 11.4. The van der Waals surface area contributed by atoms with Crippen LogP contribution < -0.4 is 19.9 Å². The van der Waals surface area contributed by atoms with Crippen LogP contribution in [0.15, 0.2) is 36.4 Å². The number of alkyl halides is 3. The molecule has 0 aliphatic carbocycles. The molecule has 0 radical (unpaired) electrons. The summed E-state index contributed by atoms with van der Waals surface area (Å²) in [5.41, 5.74) is -2.42. The standard InChI is InChI=1S/C33H43F4N3O6/c1-20(2)16-38-17-22-14-23-24(40(22)30(43)46-32(6,7)8)15-25(44-19-21-12-10-9-11-13-21)28(27(23)34)39(29(42)33(35,36)37)18-26(41)45-31(3,4)5/h9-13,15,20,22,38H,14,16-19H2,1-8H3/t22-/m1/s1. The van der Waals surface area contributed by atoms with Gasteiger partial charge in [-0.2, -0.15) is 13.2 Å². The Balaban J connectivity index is 2.23. The van der Waals surface area contributed by atoms with Gasteiger partial charge in [0.05, 0.1) is 11.7 Å². The lowest BCUT2D eigenvalue weighted by atomic mass is 10.1. The quantitative estimate of drug-likeness (QED) is 0.229. The number of fused-ring (bicyclic) bond motifs is 1. The molecule has 0 spiro atoms. The predicted molar refractivity (Wildman–Crippen MR) is 165 cm³/mol. The first-order chi connectivity index (χ1) is 21.2. The summed E-state index contributed by atoms with van der Waals surface area (Å²) in [7, 11) is 0. The average Bonchev–Trinajstić information content (AvgIpc) is 3.27. The first-order valence-electron chi connectivity index (χ1n) is 15.0. The molecule has 0 saturated carbocycles. The largest absolute Gasteiger partial charge is 0.487 e. The SMILES string of the molecule is CC(C)CNC[C@H]1Cc2c(cc(OCc3ccccc3)c(N(CC(=O)OC(C)(C)C)C(=O)C(F)(F)F)c2F)N1C(=O)OC(C)(C)C. The molecule has 1 heterocycles. The molecule has 2 aromatic carbocycles. The predicted octanol–water partition coefficient (Wildman–Crippen LogP) is 6.55. The minimum Gasteiger partial charge on any atom is -0.487 e. The molecule has 1 aliphatic rings. The lowest BCUT2D eigenvalue weighted by Gasteiger charge is -2.30. The van der Waals surface area contributed by atoms with E-state index in [0.29, 0.717) is 12.1 Å². The molecule has 1 N–H and O–H groups in total. The molecule has 13 heteroatoms. The number of nitrogens with one attached hydrogen (secondary N) is 1. The van der Waals surface area contributed by atoms with E-state index in [4.69, 9.17) is 14.2 Å². The molecule has 0 fully saturated rings. The lowest BCUT2D eigenvalue weighted by Crippen LogP contribution is -2.46. The molecule has 46 heavy (non-hydrogen) atoms. The highest BCUT2D eigenvalue weighted by atomic mass is 19.4. The van der Waals surface area contributed by atoms with E-state index in [2.05, 4.69) is 5.32 Å². The van der Waals surface area contributed by atoms with Gasteiger partial charge < -0.3 is 19.5 Å². The van der Waals surface area contributed by atoms with E-state index in [-0.39, 0.29) is 41.6 Å². The highest BCUT2D eigenvalue weighted by Gasteiger charge is 2.47. The zero-order valence-electron chi connectivity index (χ0n) is 27.5. The average molecular weight is 654 g/mol. The lowest BCUT2D eigenvalue weighted by molar-refractivity contribution is -0.171. The maximum atomic E-state index is 16.8. The van der Waals surface area contributed by atoms with E-state index < -0.39 is 65.2 Å². The zero-order valence-corrected chi connectivity index (χ0v) is 27.5. The summed E-state index contributed by atoms with van der Waals surface area (Å²) in [6.45, 7) is 12.8. The highest BCUT2D eigenvalue weighted by Crippen LogP contribution is 2.45. The molecular weight excluding hydrogens is 610 g/mol. The number of anilines is 2. The van der Waals surface area contributed by atoms with E-state index in [0.717, 1.165) is 0 Å². The van der Waals surface area contributed by atoms with Crippen LogP contribution in [0, 0.1) is 11.7 Å². The van der Waals surface area contributed by atoms with Crippen molar-refractivity contribution in [2.45, 2.75) is 91.8 Å². The van der Waals surface area contributed by atoms with Crippen molar-refractivity contribution in [3.05, 3.63) is 53.3 Å². The summed E-state index contributed by atoms with van der Waals surface area (Å²) in [5.74, 6) is -5.13. The van der Waals surface area contributed by atoms with Gasteiger partial charge in [-0.05, 0) is 66.0 Å². The highest BCUT2D eigenvalue weighted by molar-refractivity contribution is 6.03. The van der Waals surface area contributed by atoms with Crippen molar-refractivity contribution >= 4 is 29.3 Å². The van der Waals surface area contributed by atoms with E-state index in [1.807, 2.05) is 13.8 Å². The van der Waals surface area contributed by atoms with Gasteiger partial charge in [0.25, 0.3) is 0 Å². The fourth-order valence-corrected chi connectivity index (χ4v) is 4.84. The molecule has 254 valence electrons. The Morgan fingerprint density at radius 3 is 2.15 bits per heavy atom. The summed E-state index contributed by atoms with van der Waals surface area (Å²) in [4.78, 5) is 40.4. The number of carbonyl (C=O) groups excluding carboxylic acids is 3. The molecular formula is C33H43F4N3O6. The van der Waals surface area contributed by atoms with Crippen molar-refractivity contribution in [2.75, 3.05) is 29.4 Å². The number of rotatable bonds is 10. The van der Waals surface area contributed by atoms with Gasteiger partial charge >= 0.3 is 24.1 Å². The molecule has 1 aliphatic heterocycles. The molecule has 1 atom stereocenters. The smallest absolute Gasteiger partial charge is 0.471 e. The Labute approximate surface area is 267 Å². The second-order valence-electron chi connectivity index (χ2n) is 13.5. The van der Waals surface area contributed by atoms with Gasteiger partial charge in [-0.15, -0.1) is 0 Å². The maximum absolute atomic E-state index is 16.8. The van der Waals surface area contributed by atoms with Crippen LogP contribution in [0.4, 0.5) is 33.7 Å². The van der Waals surface area contributed by atoms with E-state index in [9.17, 15) is 27.6 Å². The summed E-state index contributed by atoms with van der Waals surface area (Å²) >= 11 is 0. The second-order valence-corrected chi connectivity index (χ2v) is 13.5. The molecule has 2 aromatic rings. The fraction of sp³-hybridized carbons (Fsp3) is 0.545. The molecule has 9 nitrogen and oxygen atoms in total.